The van der Waals surface area contributed by atoms with Gasteiger partial charge in [-0.05, 0) is 50.6 Å². The van der Waals surface area contributed by atoms with E-state index in [1.807, 2.05) is 41.3 Å². The van der Waals surface area contributed by atoms with Gasteiger partial charge in [0.15, 0.2) is 0 Å². The van der Waals surface area contributed by atoms with Gasteiger partial charge in [0.2, 0.25) is 0 Å². The Balaban J connectivity index is 1.63. The molecule has 5 heteroatoms. The molecule has 2 aromatic rings. The van der Waals surface area contributed by atoms with Crippen LogP contribution in [0, 0.1) is 0 Å². The molecule has 0 spiro atoms. The molecule has 1 N–H and O–H groups in total. The summed E-state index contributed by atoms with van der Waals surface area (Å²) < 4.78 is 0. The van der Waals surface area contributed by atoms with E-state index in [1.54, 1.807) is 6.20 Å². The van der Waals surface area contributed by atoms with E-state index in [1.165, 1.54) is 5.56 Å². The van der Waals surface area contributed by atoms with Gasteiger partial charge >= 0.3 is 6.03 Å². The number of amides is 2. The van der Waals surface area contributed by atoms with Gasteiger partial charge in [-0.3, -0.25) is 4.98 Å². The smallest absolute Gasteiger partial charge is 0.318 e. The van der Waals surface area contributed by atoms with Crippen LogP contribution in [0.1, 0.15) is 24.1 Å². The molecule has 0 bridgehead atoms. The number of pyridine rings is 1. The molecule has 3 rings (SSSR count). The first-order chi connectivity index (χ1) is 12.7. The number of nitrogens with one attached hydrogen (secondary N) is 1. The number of rotatable bonds is 6. The summed E-state index contributed by atoms with van der Waals surface area (Å²) >= 11 is 0. The Hall–Kier alpha value is -2.40. The minimum absolute atomic E-state index is 0.00637. The van der Waals surface area contributed by atoms with Crippen molar-refractivity contribution in [2.24, 2.45) is 0 Å². The topological polar surface area (TPSA) is 48.5 Å². The van der Waals surface area contributed by atoms with Crippen molar-refractivity contribution in [3.63, 3.8) is 0 Å². The fourth-order valence-corrected chi connectivity index (χ4v) is 3.40. The number of hydrogen-bond donors (Lipinski definition) is 1. The number of likely N-dealkylation sites (tertiary alicyclic amines) is 1. The monoisotopic (exact) mass is 352 g/mol. The highest BCUT2D eigenvalue weighted by Crippen LogP contribution is 2.10. The lowest BCUT2D eigenvalue weighted by Crippen LogP contribution is -2.51. The fourth-order valence-electron chi connectivity index (χ4n) is 3.40. The van der Waals surface area contributed by atoms with Gasteiger partial charge in [-0.2, -0.15) is 0 Å². The molecule has 1 aromatic carbocycles. The first-order valence-electron chi connectivity index (χ1n) is 9.38. The number of aromatic nitrogens is 1. The number of piperidine rings is 1. The third kappa shape index (κ3) is 5.56. The van der Waals surface area contributed by atoms with Crippen LogP contribution in [-0.4, -0.2) is 53.5 Å². The van der Waals surface area contributed by atoms with Crippen LogP contribution in [0.4, 0.5) is 4.79 Å². The van der Waals surface area contributed by atoms with Crippen molar-refractivity contribution in [2.45, 2.75) is 31.8 Å². The maximum absolute atomic E-state index is 12.9. The quantitative estimate of drug-likeness (QED) is 0.870. The third-order valence-electron chi connectivity index (χ3n) is 4.83. The summed E-state index contributed by atoms with van der Waals surface area (Å²) in [5, 5.41) is 3.22. The third-order valence-corrected chi connectivity index (χ3v) is 4.83. The van der Waals surface area contributed by atoms with E-state index in [9.17, 15) is 4.79 Å². The standard InChI is InChI=1S/C21H28N4O/c1-24-14-7-11-20(16-24)23-21(26)25(17-19-10-5-6-13-22-19)15-12-18-8-3-2-4-9-18/h2-6,8-10,13,20H,7,11-12,14-17H2,1H3,(H,23,26)/t20-/m1/s1. The highest BCUT2D eigenvalue weighted by Gasteiger charge is 2.22. The van der Waals surface area contributed by atoms with E-state index in [0.29, 0.717) is 13.1 Å². The summed E-state index contributed by atoms with van der Waals surface area (Å²) in [7, 11) is 2.11. The molecule has 1 saturated heterocycles. The van der Waals surface area contributed by atoms with E-state index >= 15 is 0 Å². The van der Waals surface area contributed by atoms with Gasteiger partial charge in [0.1, 0.15) is 0 Å². The van der Waals surface area contributed by atoms with E-state index in [0.717, 1.165) is 38.0 Å². The molecule has 0 unspecified atom stereocenters. The summed E-state index contributed by atoms with van der Waals surface area (Å²) in [4.78, 5) is 21.5. The summed E-state index contributed by atoms with van der Waals surface area (Å²) in [6, 6.07) is 16.4. The SMILES string of the molecule is CN1CCC[C@@H](NC(=O)N(CCc2ccccc2)Cc2ccccn2)C1. The summed E-state index contributed by atoms with van der Waals surface area (Å²) in [6.45, 7) is 3.23. The second-order valence-electron chi connectivity index (χ2n) is 7.03. The molecule has 1 aliphatic heterocycles. The fraction of sp³-hybridized carbons (Fsp3) is 0.429. The van der Waals surface area contributed by atoms with Crippen LogP contribution in [0.3, 0.4) is 0 Å². The van der Waals surface area contributed by atoms with Gasteiger partial charge in [-0.15, -0.1) is 0 Å². The molecule has 0 radical (unpaired) electrons. The molecule has 2 amide bonds. The Morgan fingerprint density at radius 3 is 2.77 bits per heavy atom. The van der Waals surface area contributed by atoms with Gasteiger partial charge in [-0.1, -0.05) is 36.4 Å². The van der Waals surface area contributed by atoms with Gasteiger partial charge in [0.25, 0.3) is 0 Å². The van der Waals surface area contributed by atoms with Crippen molar-refractivity contribution in [3.05, 3.63) is 66.0 Å². The molecule has 1 aliphatic rings. The zero-order chi connectivity index (χ0) is 18.2. The van der Waals surface area contributed by atoms with Crippen LogP contribution in [-0.2, 0) is 13.0 Å². The summed E-state index contributed by atoms with van der Waals surface area (Å²) in [5.41, 5.74) is 2.15. The Kier molecular flexibility index (Phi) is 6.61. The molecule has 2 heterocycles. The lowest BCUT2D eigenvalue weighted by Gasteiger charge is -2.32. The Morgan fingerprint density at radius 2 is 2.04 bits per heavy atom. The Labute approximate surface area is 156 Å². The normalized spacial score (nSPS) is 17.7. The minimum atomic E-state index is 0.00637. The van der Waals surface area contributed by atoms with Crippen molar-refractivity contribution in [3.8, 4) is 0 Å². The van der Waals surface area contributed by atoms with Gasteiger partial charge in [-0.25, -0.2) is 4.79 Å². The first-order valence-corrected chi connectivity index (χ1v) is 9.38. The molecule has 0 aliphatic carbocycles. The number of benzene rings is 1. The molecule has 5 nitrogen and oxygen atoms in total. The van der Waals surface area contributed by atoms with Crippen LogP contribution < -0.4 is 5.32 Å². The number of carbonyl (C=O) groups is 1. The predicted molar refractivity (Wildman–Crippen MR) is 104 cm³/mol. The molecule has 1 fully saturated rings. The van der Waals surface area contributed by atoms with Crippen LogP contribution >= 0.6 is 0 Å². The van der Waals surface area contributed by atoms with E-state index in [4.69, 9.17) is 0 Å². The summed E-state index contributed by atoms with van der Waals surface area (Å²) in [6.07, 6.45) is 4.79. The van der Waals surface area contributed by atoms with Crippen molar-refractivity contribution >= 4 is 6.03 Å². The van der Waals surface area contributed by atoms with E-state index in [2.05, 4.69) is 34.4 Å². The van der Waals surface area contributed by atoms with E-state index < -0.39 is 0 Å². The van der Waals surface area contributed by atoms with Crippen molar-refractivity contribution in [1.82, 2.24) is 20.1 Å². The largest absolute Gasteiger partial charge is 0.334 e. The van der Waals surface area contributed by atoms with Gasteiger partial charge in [0.05, 0.1) is 12.2 Å². The maximum atomic E-state index is 12.9. The average Bonchev–Trinajstić information content (AvgIpc) is 2.66. The lowest BCUT2D eigenvalue weighted by atomic mass is 10.1. The van der Waals surface area contributed by atoms with Gasteiger partial charge < -0.3 is 15.1 Å². The molecular formula is C21H28N4O. The average molecular weight is 352 g/mol. The molecule has 1 atom stereocenters. The number of urea groups is 1. The van der Waals surface area contributed by atoms with Gasteiger partial charge in [0, 0.05) is 25.3 Å². The minimum Gasteiger partial charge on any atom is -0.334 e. The first kappa shape index (κ1) is 18.4. The van der Waals surface area contributed by atoms with Crippen LogP contribution in [0.5, 0.6) is 0 Å². The predicted octanol–water partition coefficient (Wildman–Crippen LogP) is 2.93. The molecule has 0 saturated carbocycles. The number of carbonyl (C=O) groups excluding carboxylic acids is 1. The van der Waals surface area contributed by atoms with E-state index in [-0.39, 0.29) is 12.1 Å². The van der Waals surface area contributed by atoms with Crippen molar-refractivity contribution < 1.29 is 4.79 Å². The second-order valence-corrected chi connectivity index (χ2v) is 7.03. The number of hydrogen-bond acceptors (Lipinski definition) is 3. The summed E-state index contributed by atoms with van der Waals surface area (Å²) in [5.74, 6) is 0. The van der Waals surface area contributed by atoms with Crippen LogP contribution in [0.15, 0.2) is 54.7 Å². The molecular weight excluding hydrogens is 324 g/mol. The van der Waals surface area contributed by atoms with Crippen LogP contribution in [0.2, 0.25) is 0 Å². The maximum Gasteiger partial charge on any atom is 0.318 e. The lowest BCUT2D eigenvalue weighted by molar-refractivity contribution is 0.176. The zero-order valence-electron chi connectivity index (χ0n) is 15.5. The Morgan fingerprint density at radius 1 is 1.23 bits per heavy atom. The zero-order valence-corrected chi connectivity index (χ0v) is 15.5. The second kappa shape index (κ2) is 9.34. The number of nitrogens with zero attached hydrogens (tertiary/aromatic N) is 3. The highest BCUT2D eigenvalue weighted by molar-refractivity contribution is 5.74. The van der Waals surface area contributed by atoms with Crippen molar-refractivity contribution in [1.29, 1.82) is 0 Å². The highest BCUT2D eigenvalue weighted by atomic mass is 16.2. The Bertz CT molecular complexity index is 677. The van der Waals surface area contributed by atoms with Crippen LogP contribution in [0.25, 0.3) is 0 Å². The molecule has 26 heavy (non-hydrogen) atoms. The molecule has 1 aromatic heterocycles. The molecule has 138 valence electrons. The number of likely N-dealkylation sites (N-methyl/N-ethyl adjacent to an activating group) is 1. The van der Waals surface area contributed by atoms with Crippen molar-refractivity contribution in [2.75, 3.05) is 26.7 Å².